The average molecular weight is 218 g/mol. The smallest absolute Gasteiger partial charge is 0.322 e. The zero-order valence-electron chi connectivity index (χ0n) is 8.38. The highest BCUT2D eigenvalue weighted by atomic mass is 16.5. The summed E-state index contributed by atoms with van der Waals surface area (Å²) in [4.78, 5) is 14.6. The molecule has 0 saturated heterocycles. The highest BCUT2D eigenvalue weighted by Crippen LogP contribution is 2.16. The number of aromatic nitrogens is 2. The molecule has 0 bridgehead atoms. The number of hydrogen-bond donors (Lipinski definition) is 2. The Bertz CT molecular complexity index is 481. The maximum atomic E-state index is 10.5. The molecule has 0 saturated carbocycles. The molecular formula is C10H10N4O2. The second kappa shape index (κ2) is 4.43. The number of primary amides is 1. The molecule has 0 aliphatic heterocycles. The summed E-state index contributed by atoms with van der Waals surface area (Å²) in [6, 6.07) is 9.56. The quantitative estimate of drug-likeness (QED) is 0.785. The van der Waals surface area contributed by atoms with Gasteiger partial charge in [-0.2, -0.15) is 4.98 Å². The molecule has 0 aliphatic carbocycles. The largest absolute Gasteiger partial charge is 0.368 e. The van der Waals surface area contributed by atoms with E-state index in [1.54, 1.807) is 0 Å². The lowest BCUT2D eigenvalue weighted by molar-refractivity contribution is -0.116. The molecule has 1 heterocycles. The van der Waals surface area contributed by atoms with Gasteiger partial charge < -0.3 is 15.6 Å². The first-order chi connectivity index (χ1) is 7.75. The molecule has 1 aromatic heterocycles. The number of benzene rings is 1. The van der Waals surface area contributed by atoms with Gasteiger partial charge in [0.15, 0.2) is 0 Å². The van der Waals surface area contributed by atoms with Crippen molar-refractivity contribution in [1.29, 1.82) is 0 Å². The zero-order chi connectivity index (χ0) is 11.4. The van der Waals surface area contributed by atoms with Gasteiger partial charge in [0.25, 0.3) is 0 Å². The molecule has 3 N–H and O–H groups in total. The number of nitrogens with one attached hydrogen (secondary N) is 1. The van der Waals surface area contributed by atoms with E-state index >= 15 is 0 Å². The van der Waals surface area contributed by atoms with Crippen LogP contribution in [0.1, 0.15) is 0 Å². The summed E-state index contributed by atoms with van der Waals surface area (Å²) in [5.41, 5.74) is 5.81. The standard InChI is InChI=1S/C10H10N4O2/c11-8(15)6-12-10-13-9(14-16-10)7-4-2-1-3-5-7/h1-5H,6H2,(H2,11,15)(H,12,13,14). The van der Waals surface area contributed by atoms with E-state index in [2.05, 4.69) is 15.5 Å². The Morgan fingerprint density at radius 3 is 2.81 bits per heavy atom. The Balaban J connectivity index is 2.11. The van der Waals surface area contributed by atoms with Crippen molar-refractivity contribution in [3.8, 4) is 11.4 Å². The predicted molar refractivity (Wildman–Crippen MR) is 57.4 cm³/mol. The first kappa shape index (κ1) is 10.2. The molecule has 2 rings (SSSR count). The third-order valence-electron chi connectivity index (χ3n) is 1.87. The molecule has 0 unspecified atom stereocenters. The van der Waals surface area contributed by atoms with Crippen LogP contribution in [-0.2, 0) is 4.79 Å². The van der Waals surface area contributed by atoms with Crippen LogP contribution in [-0.4, -0.2) is 22.6 Å². The highest BCUT2D eigenvalue weighted by Gasteiger charge is 2.07. The minimum atomic E-state index is -0.487. The summed E-state index contributed by atoms with van der Waals surface area (Å²) in [5, 5.41) is 6.38. The van der Waals surface area contributed by atoms with Crippen LogP contribution in [0.15, 0.2) is 34.9 Å². The van der Waals surface area contributed by atoms with Crippen molar-refractivity contribution in [3.05, 3.63) is 30.3 Å². The summed E-state index contributed by atoms with van der Waals surface area (Å²) in [6.07, 6.45) is 0. The summed E-state index contributed by atoms with van der Waals surface area (Å²) in [7, 11) is 0. The van der Waals surface area contributed by atoms with Crippen LogP contribution in [0.2, 0.25) is 0 Å². The van der Waals surface area contributed by atoms with Crippen LogP contribution in [0.5, 0.6) is 0 Å². The minimum absolute atomic E-state index is 0.0313. The zero-order valence-corrected chi connectivity index (χ0v) is 8.38. The van der Waals surface area contributed by atoms with Crippen LogP contribution in [0.3, 0.4) is 0 Å². The molecule has 82 valence electrons. The summed E-state index contributed by atoms with van der Waals surface area (Å²) >= 11 is 0. The van der Waals surface area contributed by atoms with Crippen molar-refractivity contribution in [1.82, 2.24) is 10.1 Å². The van der Waals surface area contributed by atoms with E-state index in [9.17, 15) is 4.79 Å². The van der Waals surface area contributed by atoms with Crippen molar-refractivity contribution < 1.29 is 9.32 Å². The van der Waals surface area contributed by atoms with E-state index in [0.717, 1.165) is 5.56 Å². The molecule has 0 atom stereocenters. The topological polar surface area (TPSA) is 94.0 Å². The third kappa shape index (κ3) is 2.35. The Kier molecular flexibility index (Phi) is 2.81. The molecule has 6 heteroatoms. The molecule has 1 amide bonds. The Labute approximate surface area is 91.5 Å². The minimum Gasteiger partial charge on any atom is -0.368 e. The molecule has 0 fully saturated rings. The SMILES string of the molecule is NC(=O)CNc1nc(-c2ccccc2)no1. The number of anilines is 1. The van der Waals surface area contributed by atoms with Crippen molar-refractivity contribution >= 4 is 11.9 Å². The number of nitrogens with zero attached hydrogens (tertiary/aromatic N) is 2. The number of amides is 1. The van der Waals surface area contributed by atoms with Crippen molar-refractivity contribution in [3.63, 3.8) is 0 Å². The van der Waals surface area contributed by atoms with E-state index in [1.807, 2.05) is 30.3 Å². The van der Waals surface area contributed by atoms with E-state index in [1.165, 1.54) is 0 Å². The molecular weight excluding hydrogens is 208 g/mol. The third-order valence-corrected chi connectivity index (χ3v) is 1.87. The molecule has 2 aromatic rings. The molecule has 6 nitrogen and oxygen atoms in total. The lowest BCUT2D eigenvalue weighted by Gasteiger charge is -1.94. The molecule has 0 aliphatic rings. The first-order valence-corrected chi connectivity index (χ1v) is 4.67. The van der Waals surface area contributed by atoms with Crippen molar-refractivity contribution in [2.45, 2.75) is 0 Å². The van der Waals surface area contributed by atoms with Gasteiger partial charge in [0, 0.05) is 5.56 Å². The van der Waals surface area contributed by atoms with Crippen molar-refractivity contribution in [2.24, 2.45) is 5.73 Å². The van der Waals surface area contributed by atoms with Crippen molar-refractivity contribution in [2.75, 3.05) is 11.9 Å². The maximum absolute atomic E-state index is 10.5. The van der Waals surface area contributed by atoms with Gasteiger partial charge in [0.05, 0.1) is 6.54 Å². The second-order valence-corrected chi connectivity index (χ2v) is 3.11. The Hall–Kier alpha value is -2.37. The highest BCUT2D eigenvalue weighted by molar-refractivity contribution is 5.78. The summed E-state index contributed by atoms with van der Waals surface area (Å²) in [6.45, 7) is -0.0313. The van der Waals surface area contributed by atoms with Gasteiger partial charge in [-0.05, 0) is 0 Å². The lowest BCUT2D eigenvalue weighted by Crippen LogP contribution is -2.21. The number of rotatable bonds is 4. The van der Waals surface area contributed by atoms with Crippen LogP contribution in [0.25, 0.3) is 11.4 Å². The fourth-order valence-electron chi connectivity index (χ4n) is 1.16. The summed E-state index contributed by atoms with van der Waals surface area (Å²) in [5.74, 6) is -0.0213. The average Bonchev–Trinajstić information content (AvgIpc) is 2.76. The van der Waals surface area contributed by atoms with Crippen LogP contribution >= 0.6 is 0 Å². The van der Waals surface area contributed by atoms with E-state index in [-0.39, 0.29) is 12.6 Å². The maximum Gasteiger partial charge on any atom is 0.322 e. The molecule has 1 aromatic carbocycles. The van der Waals surface area contributed by atoms with Gasteiger partial charge in [-0.15, -0.1) is 0 Å². The van der Waals surface area contributed by atoms with Gasteiger partial charge >= 0.3 is 6.01 Å². The predicted octanol–water partition coefficient (Wildman–Crippen LogP) is 0.634. The first-order valence-electron chi connectivity index (χ1n) is 4.67. The molecule has 0 radical (unpaired) electrons. The van der Waals surface area contributed by atoms with Gasteiger partial charge in [-0.1, -0.05) is 35.5 Å². The van der Waals surface area contributed by atoms with Gasteiger partial charge in [-0.25, -0.2) is 0 Å². The lowest BCUT2D eigenvalue weighted by atomic mass is 10.2. The number of carbonyl (C=O) groups excluding carboxylic acids is 1. The number of hydrogen-bond acceptors (Lipinski definition) is 5. The number of nitrogens with two attached hydrogens (primary N) is 1. The van der Waals surface area contributed by atoms with Gasteiger partial charge in [0.2, 0.25) is 11.7 Å². The van der Waals surface area contributed by atoms with Gasteiger partial charge in [-0.3, -0.25) is 4.79 Å². The Morgan fingerprint density at radius 1 is 1.38 bits per heavy atom. The molecule has 0 spiro atoms. The monoisotopic (exact) mass is 218 g/mol. The van der Waals surface area contributed by atoms with Crippen LogP contribution < -0.4 is 11.1 Å². The van der Waals surface area contributed by atoms with E-state index < -0.39 is 5.91 Å². The number of carbonyl (C=O) groups is 1. The van der Waals surface area contributed by atoms with Crippen LogP contribution in [0.4, 0.5) is 6.01 Å². The Morgan fingerprint density at radius 2 is 2.12 bits per heavy atom. The summed E-state index contributed by atoms with van der Waals surface area (Å²) < 4.78 is 4.89. The van der Waals surface area contributed by atoms with Crippen LogP contribution in [0, 0.1) is 0 Å². The van der Waals surface area contributed by atoms with E-state index in [4.69, 9.17) is 10.3 Å². The van der Waals surface area contributed by atoms with Gasteiger partial charge in [0.1, 0.15) is 0 Å². The molecule has 16 heavy (non-hydrogen) atoms. The fourth-order valence-corrected chi connectivity index (χ4v) is 1.16. The second-order valence-electron chi connectivity index (χ2n) is 3.11. The van der Waals surface area contributed by atoms with E-state index in [0.29, 0.717) is 5.82 Å². The normalized spacial score (nSPS) is 10.0. The fraction of sp³-hybridized carbons (Fsp3) is 0.100.